The van der Waals surface area contributed by atoms with Gasteiger partial charge in [0.1, 0.15) is 5.75 Å². The summed E-state index contributed by atoms with van der Waals surface area (Å²) in [5.41, 5.74) is 4.00. The van der Waals surface area contributed by atoms with E-state index >= 15 is 0 Å². The Bertz CT molecular complexity index is 1260. The standard InChI is InChI=1S/C27H28N2O2/c1-27(2,20-13-9-6-10-14-20)28-18-24-25(19-11-7-5-8-12-19)23-17-21(31-4)15-16-22(23)26(30)29(24)3/h5-17,28H,18H2,1-4H3. The molecule has 1 aromatic heterocycles. The summed E-state index contributed by atoms with van der Waals surface area (Å²) in [5.74, 6) is 0.737. The Hall–Kier alpha value is -3.37. The Morgan fingerprint density at radius 3 is 2.19 bits per heavy atom. The van der Waals surface area contributed by atoms with E-state index in [9.17, 15) is 4.79 Å². The molecule has 4 rings (SSSR count). The summed E-state index contributed by atoms with van der Waals surface area (Å²) >= 11 is 0. The van der Waals surface area contributed by atoms with Gasteiger partial charge in [0.15, 0.2) is 0 Å². The first-order valence-corrected chi connectivity index (χ1v) is 10.5. The normalized spacial score (nSPS) is 11.6. The van der Waals surface area contributed by atoms with E-state index in [0.29, 0.717) is 11.9 Å². The second-order valence-corrected chi connectivity index (χ2v) is 8.31. The molecular weight excluding hydrogens is 384 g/mol. The molecular formula is C27H28N2O2. The SMILES string of the molecule is COc1ccc2c(=O)n(C)c(CNC(C)(C)c3ccccc3)c(-c3ccccc3)c2c1. The summed E-state index contributed by atoms with van der Waals surface area (Å²) in [5, 5.41) is 5.27. The van der Waals surface area contributed by atoms with Crippen LogP contribution in [0.5, 0.6) is 5.75 Å². The van der Waals surface area contributed by atoms with Crippen LogP contribution >= 0.6 is 0 Å². The van der Waals surface area contributed by atoms with E-state index in [1.54, 1.807) is 11.7 Å². The Labute approximate surface area is 183 Å². The van der Waals surface area contributed by atoms with Gasteiger partial charge >= 0.3 is 0 Å². The predicted octanol–water partition coefficient (Wildman–Crippen LogP) is 5.24. The number of ether oxygens (including phenoxy) is 1. The number of pyridine rings is 1. The molecule has 4 nitrogen and oxygen atoms in total. The highest BCUT2D eigenvalue weighted by molar-refractivity contribution is 5.98. The van der Waals surface area contributed by atoms with Crippen molar-refractivity contribution < 1.29 is 4.74 Å². The molecule has 0 unspecified atom stereocenters. The maximum absolute atomic E-state index is 13.2. The van der Waals surface area contributed by atoms with Crippen LogP contribution in [-0.4, -0.2) is 11.7 Å². The number of aromatic nitrogens is 1. The molecule has 31 heavy (non-hydrogen) atoms. The smallest absolute Gasteiger partial charge is 0.258 e. The van der Waals surface area contributed by atoms with E-state index in [-0.39, 0.29) is 11.1 Å². The summed E-state index contributed by atoms with van der Waals surface area (Å²) in [7, 11) is 3.50. The Kier molecular flexibility index (Phi) is 5.66. The third kappa shape index (κ3) is 3.99. The van der Waals surface area contributed by atoms with Crippen molar-refractivity contribution in [3.8, 4) is 16.9 Å². The molecule has 0 atom stereocenters. The molecule has 1 heterocycles. The number of fused-ring (bicyclic) bond motifs is 1. The van der Waals surface area contributed by atoms with Gasteiger partial charge in [-0.2, -0.15) is 0 Å². The molecule has 0 aliphatic rings. The van der Waals surface area contributed by atoms with Crippen LogP contribution in [0.2, 0.25) is 0 Å². The number of hydrogen-bond donors (Lipinski definition) is 1. The van der Waals surface area contributed by atoms with Gasteiger partial charge < -0.3 is 14.6 Å². The Morgan fingerprint density at radius 1 is 0.903 bits per heavy atom. The Balaban J connectivity index is 1.90. The third-order valence-corrected chi connectivity index (χ3v) is 5.98. The van der Waals surface area contributed by atoms with Gasteiger partial charge in [-0.1, -0.05) is 60.7 Å². The van der Waals surface area contributed by atoms with Crippen molar-refractivity contribution in [2.24, 2.45) is 7.05 Å². The van der Waals surface area contributed by atoms with Crippen LogP contribution in [0.4, 0.5) is 0 Å². The van der Waals surface area contributed by atoms with Crippen LogP contribution in [0, 0.1) is 0 Å². The van der Waals surface area contributed by atoms with E-state index < -0.39 is 0 Å². The van der Waals surface area contributed by atoms with Gasteiger partial charge in [-0.05, 0) is 43.2 Å². The van der Waals surface area contributed by atoms with Crippen LogP contribution < -0.4 is 15.6 Å². The van der Waals surface area contributed by atoms with Gasteiger partial charge in [0.05, 0.1) is 7.11 Å². The molecule has 0 aliphatic heterocycles. The number of benzene rings is 3. The third-order valence-electron chi connectivity index (χ3n) is 5.98. The minimum atomic E-state index is -0.255. The molecule has 0 radical (unpaired) electrons. The lowest BCUT2D eigenvalue weighted by atomic mass is 9.93. The predicted molar refractivity (Wildman–Crippen MR) is 127 cm³/mol. The molecule has 0 saturated heterocycles. The zero-order valence-corrected chi connectivity index (χ0v) is 18.5. The molecule has 1 N–H and O–H groups in total. The average molecular weight is 413 g/mol. The van der Waals surface area contributed by atoms with Crippen molar-refractivity contribution in [3.63, 3.8) is 0 Å². The second-order valence-electron chi connectivity index (χ2n) is 8.31. The largest absolute Gasteiger partial charge is 0.497 e. The first-order chi connectivity index (χ1) is 14.9. The van der Waals surface area contributed by atoms with Crippen LogP contribution in [0.1, 0.15) is 25.1 Å². The molecule has 0 fully saturated rings. The monoisotopic (exact) mass is 412 g/mol. The van der Waals surface area contributed by atoms with E-state index in [1.807, 2.05) is 61.6 Å². The molecule has 0 spiro atoms. The van der Waals surface area contributed by atoms with E-state index in [1.165, 1.54) is 5.56 Å². The van der Waals surface area contributed by atoms with Gasteiger partial charge in [0, 0.05) is 41.2 Å². The summed E-state index contributed by atoms with van der Waals surface area (Å²) in [6.07, 6.45) is 0. The highest BCUT2D eigenvalue weighted by Crippen LogP contribution is 2.33. The molecule has 158 valence electrons. The number of nitrogens with one attached hydrogen (secondary N) is 1. The fourth-order valence-electron chi connectivity index (χ4n) is 4.07. The van der Waals surface area contributed by atoms with Crippen molar-refractivity contribution in [2.75, 3.05) is 7.11 Å². The van der Waals surface area contributed by atoms with Crippen molar-refractivity contribution in [3.05, 3.63) is 100 Å². The van der Waals surface area contributed by atoms with Crippen molar-refractivity contribution >= 4 is 10.8 Å². The van der Waals surface area contributed by atoms with Gasteiger partial charge in [-0.3, -0.25) is 4.79 Å². The number of hydrogen-bond acceptors (Lipinski definition) is 3. The van der Waals surface area contributed by atoms with E-state index in [4.69, 9.17) is 4.74 Å². The minimum Gasteiger partial charge on any atom is -0.497 e. The minimum absolute atomic E-state index is 0.00773. The van der Waals surface area contributed by atoms with Crippen LogP contribution in [0.15, 0.2) is 83.7 Å². The number of rotatable bonds is 6. The highest BCUT2D eigenvalue weighted by atomic mass is 16.5. The summed E-state index contributed by atoms with van der Waals surface area (Å²) in [6, 6.07) is 26.2. The topological polar surface area (TPSA) is 43.3 Å². The van der Waals surface area contributed by atoms with Crippen LogP contribution in [0.3, 0.4) is 0 Å². The van der Waals surface area contributed by atoms with Gasteiger partial charge in [0.2, 0.25) is 0 Å². The molecule has 0 saturated carbocycles. The van der Waals surface area contributed by atoms with Gasteiger partial charge in [-0.25, -0.2) is 0 Å². The lowest BCUT2D eigenvalue weighted by Gasteiger charge is -2.28. The maximum atomic E-state index is 13.2. The quantitative estimate of drug-likeness (QED) is 0.471. The summed E-state index contributed by atoms with van der Waals surface area (Å²) < 4.78 is 7.24. The molecule has 3 aromatic carbocycles. The first-order valence-electron chi connectivity index (χ1n) is 10.5. The molecule has 0 aliphatic carbocycles. The van der Waals surface area contributed by atoms with Crippen molar-refractivity contribution in [2.45, 2.75) is 25.9 Å². The lowest BCUT2D eigenvalue weighted by Crippen LogP contribution is -2.37. The Morgan fingerprint density at radius 2 is 1.55 bits per heavy atom. The van der Waals surface area contributed by atoms with E-state index in [2.05, 4.69) is 43.4 Å². The zero-order valence-electron chi connectivity index (χ0n) is 18.5. The number of methoxy groups -OCH3 is 1. The lowest BCUT2D eigenvalue weighted by molar-refractivity contribution is 0.395. The van der Waals surface area contributed by atoms with Crippen molar-refractivity contribution in [1.29, 1.82) is 0 Å². The zero-order chi connectivity index (χ0) is 22.0. The van der Waals surface area contributed by atoms with Gasteiger partial charge in [0.25, 0.3) is 5.56 Å². The average Bonchev–Trinajstić information content (AvgIpc) is 2.81. The van der Waals surface area contributed by atoms with Crippen LogP contribution in [-0.2, 0) is 19.1 Å². The van der Waals surface area contributed by atoms with E-state index in [0.717, 1.165) is 28.0 Å². The first kappa shape index (κ1) is 20.9. The van der Waals surface area contributed by atoms with Crippen molar-refractivity contribution in [1.82, 2.24) is 9.88 Å². The summed E-state index contributed by atoms with van der Waals surface area (Å²) in [6.45, 7) is 4.87. The molecule has 4 heteroatoms. The fourth-order valence-corrected chi connectivity index (χ4v) is 4.07. The van der Waals surface area contributed by atoms with Gasteiger partial charge in [-0.15, -0.1) is 0 Å². The number of nitrogens with zero attached hydrogens (tertiary/aromatic N) is 1. The summed E-state index contributed by atoms with van der Waals surface area (Å²) in [4.78, 5) is 13.2. The fraction of sp³-hybridized carbons (Fsp3) is 0.222. The molecule has 4 aromatic rings. The van der Waals surface area contributed by atoms with Crippen LogP contribution in [0.25, 0.3) is 21.9 Å². The second kappa shape index (κ2) is 8.40. The maximum Gasteiger partial charge on any atom is 0.258 e. The molecule has 0 amide bonds. The molecule has 0 bridgehead atoms. The highest BCUT2D eigenvalue weighted by Gasteiger charge is 2.22.